The van der Waals surface area contributed by atoms with Crippen molar-refractivity contribution < 1.29 is 9.53 Å². The van der Waals surface area contributed by atoms with Crippen molar-refractivity contribution in [3.05, 3.63) is 102 Å². The highest BCUT2D eigenvalue weighted by Gasteiger charge is 2.53. The molecule has 2 aliphatic rings. The van der Waals surface area contributed by atoms with Gasteiger partial charge in [-0.2, -0.15) is 0 Å². The Kier molecular flexibility index (Phi) is 4.68. The standard InChI is InChI=1S/C26H25O2P/c27-25-19-24(20-28-25)29(23-15-8-3-9-16-23)18-10-17-26(29,21-11-4-1-5-12-21)22-13-6-2-7-14-22/h1-9,11-16H,10,17-20H2. The molecule has 2 aliphatic heterocycles. The molecule has 0 spiro atoms. The van der Waals surface area contributed by atoms with Crippen LogP contribution in [0, 0.1) is 0 Å². The maximum absolute atomic E-state index is 12.2. The lowest BCUT2D eigenvalue weighted by Crippen LogP contribution is -2.32. The van der Waals surface area contributed by atoms with Crippen LogP contribution in [0.1, 0.15) is 30.4 Å². The summed E-state index contributed by atoms with van der Waals surface area (Å²) >= 11 is 0. The molecule has 1 atom stereocenters. The van der Waals surface area contributed by atoms with Crippen molar-refractivity contribution in [3.63, 3.8) is 0 Å². The van der Waals surface area contributed by atoms with Crippen LogP contribution < -0.4 is 5.30 Å². The number of carbonyl (C=O) groups is 1. The summed E-state index contributed by atoms with van der Waals surface area (Å²) in [4.78, 5) is 12.2. The van der Waals surface area contributed by atoms with Crippen LogP contribution in [0.5, 0.6) is 0 Å². The van der Waals surface area contributed by atoms with E-state index in [9.17, 15) is 4.79 Å². The van der Waals surface area contributed by atoms with E-state index < -0.39 is 6.89 Å². The minimum absolute atomic E-state index is 0.0720. The zero-order chi connectivity index (χ0) is 19.7. The Balaban J connectivity index is 1.92. The lowest BCUT2D eigenvalue weighted by molar-refractivity contribution is -0.137. The molecule has 3 heteroatoms. The van der Waals surface area contributed by atoms with Crippen molar-refractivity contribution in [3.8, 4) is 0 Å². The number of cyclic esters (lactones) is 1. The molecular formula is C26H25O2P. The van der Waals surface area contributed by atoms with Gasteiger partial charge in [-0.15, -0.1) is 0 Å². The average Bonchev–Trinajstić information content (AvgIpc) is 3.41. The van der Waals surface area contributed by atoms with Gasteiger partial charge in [-0.3, -0.25) is 4.79 Å². The van der Waals surface area contributed by atoms with E-state index in [0.717, 1.165) is 19.0 Å². The quantitative estimate of drug-likeness (QED) is 0.447. The predicted molar refractivity (Wildman–Crippen MR) is 121 cm³/mol. The Morgan fingerprint density at radius 1 is 0.759 bits per heavy atom. The maximum Gasteiger partial charge on any atom is 0.310 e. The normalized spacial score (nSPS) is 23.2. The van der Waals surface area contributed by atoms with E-state index in [1.165, 1.54) is 21.7 Å². The van der Waals surface area contributed by atoms with Gasteiger partial charge in [0, 0.05) is 5.16 Å². The van der Waals surface area contributed by atoms with E-state index in [1.54, 1.807) is 0 Å². The van der Waals surface area contributed by atoms with Gasteiger partial charge in [0.25, 0.3) is 0 Å². The summed E-state index contributed by atoms with van der Waals surface area (Å²) in [6, 6.07) is 32.9. The highest BCUT2D eigenvalue weighted by molar-refractivity contribution is 7.84. The minimum atomic E-state index is -1.90. The lowest BCUT2D eigenvalue weighted by atomic mass is 9.87. The van der Waals surface area contributed by atoms with Gasteiger partial charge in [-0.1, -0.05) is 97.9 Å². The zero-order valence-corrected chi connectivity index (χ0v) is 17.4. The molecule has 3 aromatic rings. The monoisotopic (exact) mass is 400 g/mol. The van der Waals surface area contributed by atoms with Crippen LogP contribution in [0.3, 0.4) is 0 Å². The van der Waals surface area contributed by atoms with Crippen LogP contribution in [0.15, 0.2) is 91.0 Å². The molecule has 5 rings (SSSR count). The SMILES string of the molecule is O=C1CC(=P2(c3ccccc3)CCCC2(c2ccccc2)c2ccccc2)CO1. The highest BCUT2D eigenvalue weighted by Crippen LogP contribution is 2.74. The van der Waals surface area contributed by atoms with Gasteiger partial charge in [0.05, 0.1) is 6.42 Å². The lowest BCUT2D eigenvalue weighted by Gasteiger charge is -2.44. The largest absolute Gasteiger partial charge is 0.461 e. The maximum atomic E-state index is 12.2. The summed E-state index contributed by atoms with van der Waals surface area (Å²) < 4.78 is 5.54. The van der Waals surface area contributed by atoms with Gasteiger partial charge in [0.15, 0.2) is 0 Å². The number of carbonyl (C=O) groups excluding carboxylic acids is 1. The van der Waals surface area contributed by atoms with E-state index in [0.29, 0.717) is 13.0 Å². The third-order valence-electron chi connectivity index (χ3n) is 6.67. The Morgan fingerprint density at radius 2 is 1.31 bits per heavy atom. The Hall–Kier alpha value is -2.57. The third kappa shape index (κ3) is 2.74. The molecular weight excluding hydrogens is 375 g/mol. The molecule has 0 amide bonds. The third-order valence-corrected chi connectivity index (χ3v) is 12.2. The first-order valence-electron chi connectivity index (χ1n) is 10.3. The molecule has 146 valence electrons. The molecule has 1 unspecified atom stereocenters. The predicted octanol–water partition coefficient (Wildman–Crippen LogP) is 5.19. The molecule has 0 saturated carbocycles. The first-order chi connectivity index (χ1) is 14.3. The number of hydrogen-bond donors (Lipinski definition) is 0. The van der Waals surface area contributed by atoms with E-state index in [2.05, 4.69) is 91.0 Å². The molecule has 0 N–H and O–H groups in total. The average molecular weight is 400 g/mol. The fraction of sp³-hybridized carbons (Fsp3) is 0.231. The summed E-state index contributed by atoms with van der Waals surface area (Å²) in [5.74, 6) is -0.0720. The number of rotatable bonds is 3. The van der Waals surface area contributed by atoms with Gasteiger partial charge in [0.2, 0.25) is 0 Å². The van der Waals surface area contributed by atoms with Crippen molar-refractivity contribution in [2.24, 2.45) is 0 Å². The van der Waals surface area contributed by atoms with Crippen molar-refractivity contribution in [1.29, 1.82) is 0 Å². The molecule has 2 heterocycles. The number of ether oxygens (including phenoxy) is 1. The Morgan fingerprint density at radius 3 is 1.83 bits per heavy atom. The van der Waals surface area contributed by atoms with Crippen LogP contribution in [-0.4, -0.2) is 24.0 Å². The number of benzene rings is 3. The van der Waals surface area contributed by atoms with Crippen LogP contribution >= 0.6 is 6.89 Å². The summed E-state index contributed by atoms with van der Waals surface area (Å²) in [6.45, 7) is -1.42. The molecule has 2 nitrogen and oxygen atoms in total. The van der Waals surface area contributed by atoms with Gasteiger partial charge in [-0.25, -0.2) is 0 Å². The summed E-state index contributed by atoms with van der Waals surface area (Å²) in [7, 11) is 0. The van der Waals surface area contributed by atoms with Crippen molar-refractivity contribution in [2.75, 3.05) is 12.8 Å². The van der Waals surface area contributed by atoms with E-state index in [1.807, 2.05) is 0 Å². The fourth-order valence-corrected chi connectivity index (χ4v) is 11.6. The molecule has 29 heavy (non-hydrogen) atoms. The Bertz CT molecular complexity index is 1030. The van der Waals surface area contributed by atoms with E-state index >= 15 is 0 Å². The van der Waals surface area contributed by atoms with Crippen LogP contribution in [0.2, 0.25) is 0 Å². The highest BCUT2D eigenvalue weighted by atomic mass is 31.2. The number of hydrogen-bond acceptors (Lipinski definition) is 2. The zero-order valence-electron chi connectivity index (χ0n) is 16.5. The molecule has 0 radical (unpaired) electrons. The van der Waals surface area contributed by atoms with Gasteiger partial charge in [0.1, 0.15) is 6.61 Å². The second-order valence-corrected chi connectivity index (χ2v) is 11.9. The van der Waals surface area contributed by atoms with E-state index in [4.69, 9.17) is 4.74 Å². The minimum Gasteiger partial charge on any atom is -0.461 e. The van der Waals surface area contributed by atoms with Crippen LogP contribution in [0.25, 0.3) is 0 Å². The number of esters is 1. The van der Waals surface area contributed by atoms with Gasteiger partial charge < -0.3 is 4.74 Å². The van der Waals surface area contributed by atoms with Gasteiger partial charge in [-0.05, 0) is 40.7 Å². The van der Waals surface area contributed by atoms with Crippen molar-refractivity contribution >= 4 is 23.5 Å². The first kappa shape index (κ1) is 18.5. The smallest absolute Gasteiger partial charge is 0.310 e. The van der Waals surface area contributed by atoms with Gasteiger partial charge >= 0.3 is 5.97 Å². The molecule has 2 fully saturated rings. The van der Waals surface area contributed by atoms with Crippen LogP contribution in [0.4, 0.5) is 0 Å². The van der Waals surface area contributed by atoms with E-state index in [-0.39, 0.29) is 11.1 Å². The second kappa shape index (κ2) is 7.35. The molecule has 2 saturated heterocycles. The molecule has 0 aromatic heterocycles. The molecule has 3 aromatic carbocycles. The van der Waals surface area contributed by atoms with Crippen molar-refractivity contribution in [2.45, 2.75) is 24.4 Å². The first-order valence-corrected chi connectivity index (χ1v) is 12.3. The Labute approximate surface area is 172 Å². The molecule has 0 bridgehead atoms. The summed E-state index contributed by atoms with van der Waals surface area (Å²) in [5.41, 5.74) is 2.74. The summed E-state index contributed by atoms with van der Waals surface area (Å²) in [6.07, 6.45) is 3.85. The van der Waals surface area contributed by atoms with Crippen LogP contribution in [-0.2, 0) is 14.7 Å². The topological polar surface area (TPSA) is 26.3 Å². The molecule has 0 aliphatic carbocycles. The second-order valence-electron chi connectivity index (χ2n) is 7.97. The fourth-order valence-electron chi connectivity index (χ4n) is 5.60. The van der Waals surface area contributed by atoms with Crippen molar-refractivity contribution in [1.82, 2.24) is 0 Å². The summed E-state index contributed by atoms with van der Waals surface area (Å²) in [5, 5.41) is 2.62.